The normalized spacial score (nSPS) is 29.5. The number of carbonyl (C=O) groups excluding carboxylic acids is 3. The Balaban J connectivity index is 1.12. The number of nitrogens with one attached hydrogen (secondary N) is 1. The van der Waals surface area contributed by atoms with Crippen molar-refractivity contribution in [2.75, 3.05) is 31.2 Å². The molecule has 9 nitrogen and oxygen atoms in total. The molecule has 2 aromatic carbocycles. The van der Waals surface area contributed by atoms with E-state index >= 15 is 0 Å². The van der Waals surface area contributed by atoms with Crippen molar-refractivity contribution in [2.24, 2.45) is 29.6 Å². The van der Waals surface area contributed by atoms with Crippen LogP contribution in [0.1, 0.15) is 54.5 Å². The number of H-pyrrole nitrogens is 1. The van der Waals surface area contributed by atoms with Crippen molar-refractivity contribution in [3.05, 3.63) is 68.1 Å². The van der Waals surface area contributed by atoms with E-state index in [1.807, 2.05) is 61.2 Å². The zero-order valence-electron chi connectivity index (χ0n) is 25.9. The van der Waals surface area contributed by atoms with E-state index in [1.54, 1.807) is 11.8 Å². The minimum absolute atomic E-state index is 0.0170. The van der Waals surface area contributed by atoms with Gasteiger partial charge in [-0.25, -0.2) is 0 Å². The van der Waals surface area contributed by atoms with Gasteiger partial charge in [-0.05, 0) is 87.1 Å². The maximum atomic E-state index is 14.0. The van der Waals surface area contributed by atoms with E-state index in [0.29, 0.717) is 23.8 Å². The number of fused-ring (bicyclic) bond motifs is 9. The highest BCUT2D eigenvalue weighted by atomic mass is 32.2. The number of anilines is 1. The molecule has 2 aliphatic carbocycles. The first-order valence-corrected chi connectivity index (χ1v) is 18.0. The Morgan fingerprint density at radius 2 is 1.67 bits per heavy atom. The molecule has 240 valence electrons. The Bertz CT molecular complexity index is 1760. The van der Waals surface area contributed by atoms with Crippen LogP contribution in [0.25, 0.3) is 0 Å². The van der Waals surface area contributed by atoms with Crippen LogP contribution in [-0.4, -0.2) is 59.2 Å². The number of imide groups is 1. The topological polar surface area (TPSA) is 109 Å². The molecule has 6 unspecified atom stereocenters. The number of amides is 3. The predicted molar refractivity (Wildman–Crippen MR) is 176 cm³/mol. The molecule has 0 radical (unpaired) electrons. The number of aryl methyl sites for hydroxylation is 1. The van der Waals surface area contributed by atoms with Gasteiger partial charge in [0.1, 0.15) is 0 Å². The van der Waals surface area contributed by atoms with Gasteiger partial charge in [-0.1, -0.05) is 35.1 Å². The lowest BCUT2D eigenvalue weighted by atomic mass is 9.68. The Labute approximate surface area is 275 Å². The molecule has 2 saturated carbocycles. The minimum Gasteiger partial charge on any atom is -0.490 e. The van der Waals surface area contributed by atoms with Crippen LogP contribution in [-0.2, 0) is 14.4 Å². The highest BCUT2D eigenvalue weighted by Crippen LogP contribution is 2.68. The van der Waals surface area contributed by atoms with E-state index < -0.39 is 0 Å². The second kappa shape index (κ2) is 11.6. The van der Waals surface area contributed by atoms with Crippen molar-refractivity contribution < 1.29 is 23.9 Å². The van der Waals surface area contributed by atoms with Gasteiger partial charge < -0.3 is 19.4 Å². The first-order valence-electron chi connectivity index (χ1n) is 16.4. The molecule has 4 heterocycles. The number of aromatic amines is 1. The lowest BCUT2D eigenvalue weighted by Gasteiger charge is -2.43. The Hall–Kier alpha value is -3.57. The summed E-state index contributed by atoms with van der Waals surface area (Å²) in [6.07, 6.45) is 4.02. The van der Waals surface area contributed by atoms with Crippen LogP contribution < -0.4 is 19.2 Å². The highest BCUT2D eigenvalue weighted by Gasteiger charge is 2.69. The van der Waals surface area contributed by atoms with E-state index in [4.69, 9.17) is 9.47 Å². The number of thioether (sulfide) groups is 1. The second-order valence-electron chi connectivity index (χ2n) is 13.2. The van der Waals surface area contributed by atoms with Crippen molar-refractivity contribution in [2.45, 2.75) is 55.7 Å². The lowest BCUT2D eigenvalue weighted by Crippen LogP contribution is -2.42. The van der Waals surface area contributed by atoms with E-state index in [2.05, 4.69) is 4.98 Å². The largest absolute Gasteiger partial charge is 0.490 e. The Kier molecular flexibility index (Phi) is 7.51. The maximum Gasteiger partial charge on any atom is 0.305 e. The number of aromatic nitrogens is 1. The molecular weight excluding hydrogens is 623 g/mol. The number of ether oxygens (including phenoxy) is 2. The third kappa shape index (κ3) is 4.72. The molecule has 3 amide bonds. The summed E-state index contributed by atoms with van der Waals surface area (Å²) in [7, 11) is 0. The Morgan fingerprint density at radius 1 is 0.935 bits per heavy atom. The van der Waals surface area contributed by atoms with Crippen LogP contribution in [0.3, 0.4) is 0 Å². The number of rotatable bonds is 7. The summed E-state index contributed by atoms with van der Waals surface area (Å²) in [5.41, 5.74) is 2.70. The van der Waals surface area contributed by atoms with E-state index in [-0.39, 0.29) is 70.0 Å². The maximum absolute atomic E-state index is 14.0. The number of benzene rings is 2. The van der Waals surface area contributed by atoms with Crippen molar-refractivity contribution in [1.29, 1.82) is 0 Å². The fraction of sp³-hybridized carbons (Fsp3) is 0.486. The number of nitrogens with zero attached hydrogens (tertiary/aromatic N) is 2. The smallest absolute Gasteiger partial charge is 0.305 e. The third-order valence-corrected chi connectivity index (χ3v) is 13.3. The molecule has 2 bridgehead atoms. The Morgan fingerprint density at radius 3 is 2.41 bits per heavy atom. The predicted octanol–water partition coefficient (Wildman–Crippen LogP) is 5.21. The summed E-state index contributed by atoms with van der Waals surface area (Å²) in [6.45, 7) is 5.82. The van der Waals surface area contributed by atoms with Gasteiger partial charge in [0.2, 0.25) is 11.8 Å². The molecule has 4 fully saturated rings. The summed E-state index contributed by atoms with van der Waals surface area (Å²) >= 11 is 2.91. The van der Waals surface area contributed by atoms with Crippen molar-refractivity contribution >= 4 is 46.5 Å². The molecule has 5 aliphatic rings. The van der Waals surface area contributed by atoms with Gasteiger partial charge in [-0.3, -0.25) is 24.1 Å². The van der Waals surface area contributed by atoms with Crippen LogP contribution in [0.15, 0.2) is 52.3 Å². The number of thiazole rings is 1. The fourth-order valence-electron chi connectivity index (χ4n) is 8.82. The van der Waals surface area contributed by atoms with Gasteiger partial charge in [0.25, 0.3) is 5.91 Å². The first-order chi connectivity index (χ1) is 22.3. The molecule has 11 heteroatoms. The minimum atomic E-state index is -0.366. The number of hydrogen-bond acceptors (Lipinski definition) is 8. The molecule has 46 heavy (non-hydrogen) atoms. The van der Waals surface area contributed by atoms with Crippen LogP contribution in [0, 0.1) is 36.5 Å². The van der Waals surface area contributed by atoms with E-state index in [1.165, 1.54) is 16.2 Å². The third-order valence-electron chi connectivity index (χ3n) is 10.7. The molecule has 1 aromatic heterocycles. The van der Waals surface area contributed by atoms with Gasteiger partial charge in [-0.2, -0.15) is 0 Å². The summed E-state index contributed by atoms with van der Waals surface area (Å²) in [5.74, 6) is 0.156. The monoisotopic (exact) mass is 659 g/mol. The van der Waals surface area contributed by atoms with Gasteiger partial charge in [0.05, 0.1) is 29.2 Å². The average molecular weight is 660 g/mol. The SMILES string of the molecule is CCOc1cc([C@H]2c3sc(=O)[nH]c3SC3C4CC(C5C(=O)N(c6ccc(C)cc6)C(=O)C45)C32)ccc1OCC(=O)N1CCCCC1. The average Bonchev–Trinajstić information content (AvgIpc) is 3.80. The van der Waals surface area contributed by atoms with Crippen molar-refractivity contribution in [1.82, 2.24) is 9.88 Å². The van der Waals surface area contributed by atoms with E-state index in [0.717, 1.165) is 59.8 Å². The van der Waals surface area contributed by atoms with Gasteiger partial charge in [0, 0.05) is 29.1 Å². The molecule has 3 aromatic rings. The lowest BCUT2D eigenvalue weighted by molar-refractivity contribution is -0.134. The van der Waals surface area contributed by atoms with Gasteiger partial charge in [-0.15, -0.1) is 11.8 Å². The molecule has 1 N–H and O–H groups in total. The molecule has 2 saturated heterocycles. The fourth-order valence-corrected chi connectivity index (χ4v) is 11.7. The van der Waals surface area contributed by atoms with Crippen LogP contribution in [0.2, 0.25) is 0 Å². The quantitative estimate of drug-likeness (QED) is 0.347. The van der Waals surface area contributed by atoms with Crippen molar-refractivity contribution in [3.63, 3.8) is 0 Å². The second-order valence-corrected chi connectivity index (χ2v) is 15.4. The van der Waals surface area contributed by atoms with E-state index in [9.17, 15) is 19.2 Å². The zero-order valence-corrected chi connectivity index (χ0v) is 27.5. The molecule has 8 rings (SSSR count). The molecular formula is C35H37N3O6S2. The van der Waals surface area contributed by atoms with Crippen LogP contribution in [0.4, 0.5) is 5.69 Å². The molecule has 7 atom stereocenters. The number of hydrogen-bond donors (Lipinski definition) is 1. The van der Waals surface area contributed by atoms with Gasteiger partial charge >= 0.3 is 4.87 Å². The van der Waals surface area contributed by atoms with Crippen molar-refractivity contribution in [3.8, 4) is 11.5 Å². The van der Waals surface area contributed by atoms with Crippen LogP contribution in [0.5, 0.6) is 11.5 Å². The summed E-state index contributed by atoms with van der Waals surface area (Å²) in [6, 6.07) is 13.5. The zero-order chi connectivity index (χ0) is 31.7. The summed E-state index contributed by atoms with van der Waals surface area (Å²) in [4.78, 5) is 60.7. The number of piperidine rings is 1. The number of likely N-dealkylation sites (tertiary alicyclic amines) is 1. The number of carbonyl (C=O) groups is 3. The highest BCUT2D eigenvalue weighted by molar-refractivity contribution is 8.00. The molecule has 0 spiro atoms. The summed E-state index contributed by atoms with van der Waals surface area (Å²) in [5, 5.41) is 0.959. The molecule has 3 aliphatic heterocycles. The first kappa shape index (κ1) is 29.8. The van der Waals surface area contributed by atoms with Gasteiger partial charge in [0.15, 0.2) is 18.1 Å². The summed E-state index contributed by atoms with van der Waals surface area (Å²) < 4.78 is 12.1. The standard InChI is InChI=1S/C35H37N3O6S2/c1-3-43-24-15-19(9-12-23(24)44-17-25(39)37-13-5-4-6-14-37)26-27-21-16-22(30(27)45-32-31(26)46-35(42)36-32)29-28(21)33(40)38(34(29)41)20-10-7-18(2)8-11-20/h7-12,15,21-22,26-30H,3-6,13-14,16-17H2,1-2H3,(H,36,42)/t21?,22?,26-,27?,28?,29?,30?/m1/s1. The van der Waals surface area contributed by atoms with Crippen LogP contribution >= 0.6 is 23.1 Å².